The van der Waals surface area contributed by atoms with Crippen LogP contribution in [0.1, 0.15) is 36.9 Å². The monoisotopic (exact) mass is 354 g/mol. The standard InChI is InChI=1S/C20H26N4O2/c1-14(17-6-9-22-18(13-17)12-15-4-5-15)23-19(21-2)16-7-10-24(11-8-16)20(25)26-3/h6,9,13,15-16H,1-2,4-5,7-8,10-12H2,3H3. The van der Waals surface area contributed by atoms with Crippen LogP contribution in [0.25, 0.3) is 5.70 Å². The fraction of sp³-hybridized carbons (Fsp3) is 0.500. The highest BCUT2D eigenvalue weighted by Gasteiger charge is 2.26. The third-order valence-corrected chi connectivity index (χ3v) is 5.05. The van der Waals surface area contributed by atoms with Crippen molar-refractivity contribution in [2.24, 2.45) is 21.8 Å². The number of methoxy groups -OCH3 is 1. The normalized spacial score (nSPS) is 18.5. The minimum absolute atomic E-state index is 0.179. The minimum atomic E-state index is -0.280. The molecule has 1 aromatic heterocycles. The van der Waals surface area contributed by atoms with Crippen molar-refractivity contribution in [1.82, 2.24) is 9.88 Å². The lowest BCUT2D eigenvalue weighted by Crippen LogP contribution is -2.39. The van der Waals surface area contributed by atoms with E-state index in [1.54, 1.807) is 4.90 Å². The molecule has 1 aromatic rings. The largest absolute Gasteiger partial charge is 0.453 e. The van der Waals surface area contributed by atoms with Crippen LogP contribution >= 0.6 is 0 Å². The zero-order valence-corrected chi connectivity index (χ0v) is 15.4. The number of nitrogens with zero attached hydrogens (tertiary/aromatic N) is 4. The lowest BCUT2D eigenvalue weighted by Gasteiger charge is -2.30. The first-order valence-electron chi connectivity index (χ1n) is 9.13. The lowest BCUT2D eigenvalue weighted by molar-refractivity contribution is 0.111. The zero-order chi connectivity index (χ0) is 18.5. The van der Waals surface area contributed by atoms with Crippen molar-refractivity contribution in [3.05, 3.63) is 36.2 Å². The summed E-state index contributed by atoms with van der Waals surface area (Å²) in [5, 5.41) is 0. The van der Waals surface area contributed by atoms with Crippen molar-refractivity contribution in [1.29, 1.82) is 0 Å². The Morgan fingerprint density at radius 2 is 2.08 bits per heavy atom. The van der Waals surface area contributed by atoms with Crippen molar-refractivity contribution >= 4 is 24.3 Å². The molecule has 0 atom stereocenters. The third-order valence-electron chi connectivity index (χ3n) is 5.05. The van der Waals surface area contributed by atoms with Crippen LogP contribution in [-0.4, -0.2) is 48.7 Å². The van der Waals surface area contributed by atoms with Gasteiger partial charge in [-0.25, -0.2) is 14.8 Å². The Kier molecular flexibility index (Phi) is 5.81. The highest BCUT2D eigenvalue weighted by molar-refractivity contribution is 5.92. The maximum Gasteiger partial charge on any atom is 0.409 e. The van der Waals surface area contributed by atoms with Crippen LogP contribution in [0.3, 0.4) is 0 Å². The molecule has 0 aromatic carbocycles. The molecule has 26 heavy (non-hydrogen) atoms. The number of aliphatic imine (C=N–C) groups is 2. The van der Waals surface area contributed by atoms with E-state index in [0.29, 0.717) is 24.6 Å². The molecule has 6 heteroatoms. The molecule has 138 valence electrons. The summed E-state index contributed by atoms with van der Waals surface area (Å²) >= 11 is 0. The fourth-order valence-electron chi connectivity index (χ4n) is 3.29. The lowest BCUT2D eigenvalue weighted by atomic mass is 9.95. The summed E-state index contributed by atoms with van der Waals surface area (Å²) in [5.74, 6) is 1.66. The number of rotatable bonds is 5. The smallest absolute Gasteiger partial charge is 0.409 e. The molecule has 6 nitrogen and oxygen atoms in total. The first-order chi connectivity index (χ1) is 12.6. The summed E-state index contributed by atoms with van der Waals surface area (Å²) in [7, 11) is 1.41. The molecule has 0 N–H and O–H groups in total. The summed E-state index contributed by atoms with van der Waals surface area (Å²) in [6, 6.07) is 4.01. The van der Waals surface area contributed by atoms with Gasteiger partial charge in [-0.2, -0.15) is 0 Å². The second-order valence-corrected chi connectivity index (χ2v) is 6.99. The maximum atomic E-state index is 11.6. The fourth-order valence-corrected chi connectivity index (χ4v) is 3.29. The Morgan fingerprint density at radius 3 is 2.69 bits per heavy atom. The van der Waals surface area contributed by atoms with Gasteiger partial charge in [-0.05, 0) is 56.9 Å². The molecule has 0 radical (unpaired) electrons. The van der Waals surface area contributed by atoms with Crippen LogP contribution in [-0.2, 0) is 11.2 Å². The van der Waals surface area contributed by atoms with Crippen LogP contribution < -0.4 is 0 Å². The van der Waals surface area contributed by atoms with Crippen molar-refractivity contribution in [3.63, 3.8) is 0 Å². The first kappa shape index (κ1) is 18.3. The summed E-state index contributed by atoms with van der Waals surface area (Å²) in [6.45, 7) is 9.07. The molecule has 1 aliphatic carbocycles. The highest BCUT2D eigenvalue weighted by Crippen LogP contribution is 2.32. The number of amides is 1. The number of amidine groups is 1. The summed E-state index contributed by atoms with van der Waals surface area (Å²) in [5.41, 5.74) is 2.76. The van der Waals surface area contributed by atoms with Crippen LogP contribution in [0.4, 0.5) is 4.79 Å². The Bertz CT molecular complexity index is 716. The molecule has 1 amide bonds. The van der Waals surface area contributed by atoms with Crippen molar-refractivity contribution in [3.8, 4) is 0 Å². The zero-order valence-electron chi connectivity index (χ0n) is 15.4. The van der Waals surface area contributed by atoms with E-state index in [2.05, 4.69) is 34.3 Å². The molecule has 1 saturated heterocycles. The van der Waals surface area contributed by atoms with E-state index in [4.69, 9.17) is 4.74 Å². The Balaban J connectivity index is 1.65. The summed E-state index contributed by atoms with van der Waals surface area (Å²) < 4.78 is 4.78. The van der Waals surface area contributed by atoms with E-state index in [1.165, 1.54) is 20.0 Å². The van der Waals surface area contributed by atoms with Gasteiger partial charge in [0.2, 0.25) is 0 Å². The van der Waals surface area contributed by atoms with Crippen LogP contribution in [0.5, 0.6) is 0 Å². The summed E-state index contributed by atoms with van der Waals surface area (Å²) in [6.07, 6.45) is 6.78. The van der Waals surface area contributed by atoms with Crippen molar-refractivity contribution in [2.75, 3.05) is 20.2 Å². The average molecular weight is 354 g/mol. The van der Waals surface area contributed by atoms with Gasteiger partial charge in [-0.15, -0.1) is 0 Å². The van der Waals surface area contributed by atoms with Crippen LogP contribution in [0.2, 0.25) is 0 Å². The number of piperidine rings is 1. The molecule has 2 fully saturated rings. The van der Waals surface area contributed by atoms with Gasteiger partial charge in [0.15, 0.2) is 0 Å². The predicted octanol–water partition coefficient (Wildman–Crippen LogP) is 3.58. The number of hydrogen-bond acceptors (Lipinski definition) is 4. The Morgan fingerprint density at radius 1 is 1.35 bits per heavy atom. The predicted molar refractivity (Wildman–Crippen MR) is 103 cm³/mol. The van der Waals surface area contributed by atoms with Crippen LogP contribution in [0, 0.1) is 11.8 Å². The quantitative estimate of drug-likeness (QED) is 0.599. The van der Waals surface area contributed by atoms with Crippen molar-refractivity contribution < 1.29 is 9.53 Å². The van der Waals surface area contributed by atoms with E-state index < -0.39 is 0 Å². The number of carbonyl (C=O) groups is 1. The number of pyridine rings is 1. The molecular weight excluding hydrogens is 328 g/mol. The molecule has 1 aliphatic heterocycles. The van der Waals surface area contributed by atoms with E-state index in [1.807, 2.05) is 12.3 Å². The van der Waals surface area contributed by atoms with Gasteiger partial charge >= 0.3 is 6.09 Å². The number of carbonyl (C=O) groups excluding carboxylic acids is 1. The van der Waals surface area contributed by atoms with Gasteiger partial charge in [0.05, 0.1) is 12.8 Å². The number of hydrogen-bond donors (Lipinski definition) is 0. The van der Waals surface area contributed by atoms with Gasteiger partial charge < -0.3 is 9.64 Å². The Hall–Kier alpha value is -2.50. The topological polar surface area (TPSA) is 67.2 Å². The average Bonchev–Trinajstić information content (AvgIpc) is 3.49. The van der Waals surface area contributed by atoms with Crippen LogP contribution in [0.15, 0.2) is 34.9 Å². The molecule has 0 spiro atoms. The Labute approximate surface area is 154 Å². The number of ether oxygens (including phenoxy) is 1. The second-order valence-electron chi connectivity index (χ2n) is 6.99. The third kappa shape index (κ3) is 4.56. The van der Waals surface area contributed by atoms with E-state index in [0.717, 1.165) is 36.4 Å². The van der Waals surface area contributed by atoms with Gasteiger partial charge in [0.1, 0.15) is 5.84 Å². The SMILES string of the molecule is C=NC(=NC(=C)c1ccnc(CC2CC2)c1)C1CCN(C(=O)OC)CC1. The van der Waals surface area contributed by atoms with Gasteiger partial charge in [0.25, 0.3) is 0 Å². The number of aromatic nitrogens is 1. The minimum Gasteiger partial charge on any atom is -0.453 e. The first-order valence-corrected chi connectivity index (χ1v) is 9.13. The van der Waals surface area contributed by atoms with Crippen molar-refractivity contribution in [2.45, 2.75) is 32.1 Å². The summed E-state index contributed by atoms with van der Waals surface area (Å²) in [4.78, 5) is 26.5. The van der Waals surface area contributed by atoms with E-state index >= 15 is 0 Å². The maximum absolute atomic E-state index is 11.6. The van der Waals surface area contributed by atoms with Gasteiger partial charge in [-0.1, -0.05) is 6.58 Å². The molecule has 2 aliphatic rings. The van der Waals surface area contributed by atoms with Gasteiger partial charge in [0, 0.05) is 36.5 Å². The molecular formula is C20H26N4O2. The molecule has 1 saturated carbocycles. The molecule has 0 unspecified atom stereocenters. The molecule has 0 bridgehead atoms. The van der Waals surface area contributed by atoms with E-state index in [9.17, 15) is 4.79 Å². The highest BCUT2D eigenvalue weighted by atomic mass is 16.5. The van der Waals surface area contributed by atoms with Gasteiger partial charge in [-0.3, -0.25) is 4.98 Å². The molecule has 2 heterocycles. The second kappa shape index (κ2) is 8.25. The van der Waals surface area contributed by atoms with E-state index in [-0.39, 0.29) is 12.0 Å². The molecule has 3 rings (SSSR count). The number of likely N-dealkylation sites (tertiary alicyclic amines) is 1.